The van der Waals surface area contributed by atoms with Gasteiger partial charge in [-0.3, -0.25) is 9.79 Å². The predicted octanol–water partition coefficient (Wildman–Crippen LogP) is 2.37. The molecule has 0 spiro atoms. The van der Waals surface area contributed by atoms with Crippen molar-refractivity contribution >= 4 is 24.1 Å². The molecule has 1 aromatic rings. The van der Waals surface area contributed by atoms with Crippen LogP contribution in [-0.4, -0.2) is 49.6 Å². The van der Waals surface area contributed by atoms with E-state index in [-0.39, 0.29) is 11.9 Å². The monoisotopic (exact) mass is 316 g/mol. The molecule has 3 rings (SSSR count). The van der Waals surface area contributed by atoms with Crippen LogP contribution in [0.2, 0.25) is 0 Å². The minimum Gasteiger partial charge on any atom is -0.493 e. The van der Waals surface area contributed by atoms with Gasteiger partial charge in [0.1, 0.15) is 6.29 Å². The van der Waals surface area contributed by atoms with E-state index in [1.807, 2.05) is 11.1 Å². The average molecular weight is 316 g/mol. The molecule has 1 fully saturated rings. The van der Waals surface area contributed by atoms with Crippen LogP contribution in [-0.2, 0) is 4.79 Å². The van der Waals surface area contributed by atoms with Crippen molar-refractivity contribution in [2.24, 2.45) is 4.99 Å². The highest BCUT2D eigenvalue weighted by Gasteiger charge is 2.32. The van der Waals surface area contributed by atoms with Crippen molar-refractivity contribution < 1.29 is 19.1 Å². The van der Waals surface area contributed by atoms with E-state index in [0.717, 1.165) is 25.7 Å². The Morgan fingerprint density at radius 3 is 3.04 bits per heavy atom. The first-order chi connectivity index (χ1) is 11.2. The number of amides is 1. The van der Waals surface area contributed by atoms with Crippen molar-refractivity contribution in [2.75, 3.05) is 20.3 Å². The molecule has 2 aliphatic rings. The molecule has 0 radical (unpaired) electrons. The lowest BCUT2D eigenvalue weighted by molar-refractivity contribution is -0.108. The number of benzene rings is 1. The van der Waals surface area contributed by atoms with Crippen LogP contribution in [0.15, 0.2) is 17.1 Å². The van der Waals surface area contributed by atoms with Gasteiger partial charge in [0.05, 0.1) is 31.0 Å². The van der Waals surface area contributed by atoms with Crippen LogP contribution >= 0.6 is 0 Å². The van der Waals surface area contributed by atoms with Gasteiger partial charge in [-0.1, -0.05) is 0 Å². The van der Waals surface area contributed by atoms with E-state index in [4.69, 9.17) is 9.47 Å². The van der Waals surface area contributed by atoms with Gasteiger partial charge >= 0.3 is 0 Å². The van der Waals surface area contributed by atoms with E-state index in [2.05, 4.69) is 4.99 Å². The van der Waals surface area contributed by atoms with E-state index in [1.54, 1.807) is 19.2 Å². The molecule has 0 aliphatic carbocycles. The molecular formula is C17H20N2O4. The van der Waals surface area contributed by atoms with Crippen molar-refractivity contribution in [3.8, 4) is 11.5 Å². The van der Waals surface area contributed by atoms with Gasteiger partial charge in [-0.05, 0) is 25.3 Å². The maximum atomic E-state index is 12.7. The number of methoxy groups -OCH3 is 1. The van der Waals surface area contributed by atoms with Crippen LogP contribution in [0.3, 0.4) is 0 Å². The molecule has 0 bridgehead atoms. The van der Waals surface area contributed by atoms with Crippen LogP contribution in [0.4, 0.5) is 5.69 Å². The zero-order chi connectivity index (χ0) is 16.2. The molecule has 1 saturated heterocycles. The average Bonchev–Trinajstić information content (AvgIpc) is 3.00. The topological polar surface area (TPSA) is 68.2 Å². The van der Waals surface area contributed by atoms with Gasteiger partial charge in [0.2, 0.25) is 0 Å². The SMILES string of the molecule is COc1cc2c(cc1OCCCC=O)N=C[C@@H]1CCCN1C2=O. The van der Waals surface area contributed by atoms with E-state index in [1.165, 1.54) is 0 Å². The standard InChI is InChI=1S/C17H20N2O4/c1-22-15-9-13-14(10-16(15)23-8-3-2-7-20)18-11-12-5-4-6-19(12)17(13)21/h7,9-12H,2-6,8H2,1H3/t12-/m0/s1. The molecule has 0 N–H and O–H groups in total. The van der Waals surface area contributed by atoms with Gasteiger partial charge in [-0.2, -0.15) is 0 Å². The van der Waals surface area contributed by atoms with Gasteiger partial charge in [0.25, 0.3) is 5.91 Å². The summed E-state index contributed by atoms with van der Waals surface area (Å²) in [5, 5.41) is 0. The summed E-state index contributed by atoms with van der Waals surface area (Å²) < 4.78 is 11.0. The number of carbonyl (C=O) groups excluding carboxylic acids is 2. The van der Waals surface area contributed by atoms with Crippen LogP contribution in [0.1, 0.15) is 36.0 Å². The molecule has 2 aliphatic heterocycles. The minimum absolute atomic E-state index is 0.00851. The Morgan fingerprint density at radius 2 is 2.26 bits per heavy atom. The van der Waals surface area contributed by atoms with Gasteiger partial charge in [0, 0.05) is 25.2 Å². The lowest BCUT2D eigenvalue weighted by Crippen LogP contribution is -2.35. The first-order valence-electron chi connectivity index (χ1n) is 7.88. The normalized spacial score (nSPS) is 19.1. The van der Waals surface area contributed by atoms with Crippen molar-refractivity contribution in [2.45, 2.75) is 31.7 Å². The van der Waals surface area contributed by atoms with Crippen LogP contribution in [0.25, 0.3) is 0 Å². The minimum atomic E-state index is -0.00851. The van der Waals surface area contributed by atoms with Gasteiger partial charge in [-0.15, -0.1) is 0 Å². The smallest absolute Gasteiger partial charge is 0.256 e. The second kappa shape index (κ2) is 6.81. The first-order valence-corrected chi connectivity index (χ1v) is 7.88. The molecule has 0 aromatic heterocycles. The quantitative estimate of drug-likeness (QED) is 0.597. The predicted molar refractivity (Wildman–Crippen MR) is 86.0 cm³/mol. The van der Waals surface area contributed by atoms with Crippen molar-refractivity contribution in [1.82, 2.24) is 4.90 Å². The molecular weight excluding hydrogens is 296 g/mol. The number of carbonyl (C=O) groups is 2. The number of ether oxygens (including phenoxy) is 2. The number of unbranched alkanes of at least 4 members (excludes halogenated alkanes) is 1. The zero-order valence-electron chi connectivity index (χ0n) is 13.2. The fourth-order valence-electron chi connectivity index (χ4n) is 2.97. The summed E-state index contributed by atoms with van der Waals surface area (Å²) in [7, 11) is 1.54. The zero-order valence-corrected chi connectivity index (χ0v) is 13.2. The summed E-state index contributed by atoms with van der Waals surface area (Å²) in [5.74, 6) is 1.05. The number of rotatable bonds is 6. The Balaban J connectivity index is 1.89. The third-order valence-corrected chi connectivity index (χ3v) is 4.18. The third kappa shape index (κ3) is 3.06. The number of aliphatic imine (C=N–C) groups is 1. The van der Waals surface area contributed by atoms with E-state index in [0.29, 0.717) is 42.2 Å². The van der Waals surface area contributed by atoms with Crippen molar-refractivity contribution in [1.29, 1.82) is 0 Å². The summed E-state index contributed by atoms with van der Waals surface area (Å²) >= 11 is 0. The van der Waals surface area contributed by atoms with E-state index < -0.39 is 0 Å². The van der Waals surface area contributed by atoms with Crippen molar-refractivity contribution in [3.63, 3.8) is 0 Å². The number of hydrogen-bond donors (Lipinski definition) is 0. The summed E-state index contributed by atoms with van der Waals surface area (Å²) in [6.45, 7) is 1.18. The third-order valence-electron chi connectivity index (χ3n) is 4.18. The fraction of sp³-hybridized carbons (Fsp3) is 0.471. The molecule has 122 valence electrons. The molecule has 2 heterocycles. The fourth-order valence-corrected chi connectivity index (χ4v) is 2.97. The molecule has 6 heteroatoms. The van der Waals surface area contributed by atoms with Gasteiger partial charge in [-0.25, -0.2) is 0 Å². The molecule has 0 unspecified atom stereocenters. The highest BCUT2D eigenvalue weighted by molar-refractivity contribution is 6.03. The largest absolute Gasteiger partial charge is 0.493 e. The maximum absolute atomic E-state index is 12.7. The Bertz CT molecular complexity index is 642. The molecule has 1 atom stereocenters. The number of hydrogen-bond acceptors (Lipinski definition) is 5. The van der Waals surface area contributed by atoms with Crippen LogP contribution in [0.5, 0.6) is 11.5 Å². The highest BCUT2D eigenvalue weighted by Crippen LogP contribution is 2.38. The number of nitrogens with zero attached hydrogens (tertiary/aromatic N) is 2. The Morgan fingerprint density at radius 1 is 1.39 bits per heavy atom. The molecule has 1 aromatic carbocycles. The first kappa shape index (κ1) is 15.5. The van der Waals surface area contributed by atoms with E-state index in [9.17, 15) is 9.59 Å². The second-order valence-corrected chi connectivity index (χ2v) is 5.66. The molecule has 1 amide bonds. The Kier molecular flexibility index (Phi) is 4.60. The highest BCUT2D eigenvalue weighted by atomic mass is 16.5. The Hall–Kier alpha value is -2.37. The van der Waals surface area contributed by atoms with Gasteiger partial charge in [0.15, 0.2) is 11.5 Å². The molecule has 0 saturated carbocycles. The summed E-state index contributed by atoms with van der Waals surface area (Å²) in [6, 6.07) is 3.52. The molecule has 6 nitrogen and oxygen atoms in total. The summed E-state index contributed by atoms with van der Waals surface area (Å²) in [6.07, 6.45) is 5.78. The van der Waals surface area contributed by atoms with Crippen molar-refractivity contribution in [3.05, 3.63) is 17.7 Å². The van der Waals surface area contributed by atoms with Crippen LogP contribution < -0.4 is 9.47 Å². The summed E-state index contributed by atoms with van der Waals surface area (Å²) in [5.41, 5.74) is 1.15. The number of fused-ring (bicyclic) bond motifs is 2. The van der Waals surface area contributed by atoms with E-state index >= 15 is 0 Å². The Labute approximate surface area is 135 Å². The lowest BCUT2D eigenvalue weighted by atomic mass is 10.1. The second-order valence-electron chi connectivity index (χ2n) is 5.66. The molecule has 23 heavy (non-hydrogen) atoms. The summed E-state index contributed by atoms with van der Waals surface area (Å²) in [4.78, 5) is 29.4. The maximum Gasteiger partial charge on any atom is 0.256 e. The lowest BCUT2D eigenvalue weighted by Gasteiger charge is -2.20. The van der Waals surface area contributed by atoms with Crippen LogP contribution in [0, 0.1) is 0 Å². The van der Waals surface area contributed by atoms with Gasteiger partial charge < -0.3 is 19.2 Å². The number of aldehydes is 1.